The van der Waals surface area contributed by atoms with Crippen LogP contribution in [0.2, 0.25) is 0 Å². The molecule has 124 valence electrons. The van der Waals surface area contributed by atoms with Crippen molar-refractivity contribution < 1.29 is 4.79 Å². The third-order valence-corrected chi connectivity index (χ3v) is 6.83. The fourth-order valence-corrected chi connectivity index (χ4v) is 5.36. The summed E-state index contributed by atoms with van der Waals surface area (Å²) in [5.41, 5.74) is 1.24. The number of likely N-dealkylation sites (tertiary alicyclic amines) is 1. The molecule has 0 bridgehead atoms. The average molecular weight is 350 g/mol. The lowest BCUT2D eigenvalue weighted by molar-refractivity contribution is -0.134. The lowest BCUT2D eigenvalue weighted by Crippen LogP contribution is -2.48. The molecule has 3 rings (SSSR count). The zero-order valence-electron chi connectivity index (χ0n) is 14.1. The second-order valence-electron chi connectivity index (χ2n) is 6.36. The van der Waals surface area contributed by atoms with Gasteiger partial charge in [0.05, 0.1) is 5.75 Å². The van der Waals surface area contributed by atoms with E-state index in [4.69, 9.17) is 0 Å². The van der Waals surface area contributed by atoms with Crippen molar-refractivity contribution in [3.8, 4) is 0 Å². The van der Waals surface area contributed by atoms with E-state index < -0.39 is 0 Å². The Labute approximate surface area is 145 Å². The zero-order valence-corrected chi connectivity index (χ0v) is 15.8. The highest BCUT2D eigenvalue weighted by Crippen LogP contribution is 2.34. The van der Waals surface area contributed by atoms with Crippen LogP contribution in [-0.2, 0) is 4.79 Å². The van der Waals surface area contributed by atoms with Gasteiger partial charge in [0, 0.05) is 22.3 Å². The smallest absolute Gasteiger partial charge is 0.233 e. The molecule has 1 saturated heterocycles. The zero-order chi connectivity index (χ0) is 16.6. The third-order valence-electron chi connectivity index (χ3n) is 4.74. The Kier molecular flexibility index (Phi) is 4.92. The molecule has 2 aromatic rings. The standard InChI is InChI=1S/C17H23N3OS2/c1-10-6-5-7-11(2)20(10)14(21)8-22-16-15-12(3)13(4)23-17(15)19-9-18-16/h9-11H,5-8H2,1-4H3/t10-,11+. The lowest BCUT2D eigenvalue weighted by atomic mass is 9.98. The molecule has 1 aliphatic rings. The number of carbonyl (C=O) groups is 1. The normalized spacial score (nSPS) is 21.8. The summed E-state index contributed by atoms with van der Waals surface area (Å²) in [5.74, 6) is 0.681. The first kappa shape index (κ1) is 16.7. The number of piperidine rings is 1. The number of aryl methyl sites for hydroxylation is 2. The number of hydrogen-bond donors (Lipinski definition) is 0. The summed E-state index contributed by atoms with van der Waals surface area (Å²) in [7, 11) is 0. The SMILES string of the molecule is Cc1sc2ncnc(SCC(=O)N3[C@H](C)CCC[C@@H]3C)c2c1C. The number of thiophene rings is 1. The van der Waals surface area contributed by atoms with Crippen molar-refractivity contribution in [2.45, 2.75) is 64.1 Å². The van der Waals surface area contributed by atoms with Gasteiger partial charge in [0.2, 0.25) is 5.91 Å². The van der Waals surface area contributed by atoms with Crippen LogP contribution < -0.4 is 0 Å². The monoisotopic (exact) mass is 349 g/mol. The molecule has 0 saturated carbocycles. The molecule has 1 amide bonds. The molecule has 0 spiro atoms. The molecular formula is C17H23N3OS2. The van der Waals surface area contributed by atoms with Crippen LogP contribution in [0, 0.1) is 13.8 Å². The molecule has 2 aromatic heterocycles. The van der Waals surface area contributed by atoms with Crippen LogP contribution in [0.15, 0.2) is 11.4 Å². The predicted molar refractivity (Wildman–Crippen MR) is 97.2 cm³/mol. The van der Waals surface area contributed by atoms with Gasteiger partial charge >= 0.3 is 0 Å². The Morgan fingerprint density at radius 3 is 2.70 bits per heavy atom. The Morgan fingerprint density at radius 1 is 1.30 bits per heavy atom. The molecule has 1 aliphatic heterocycles. The van der Waals surface area contributed by atoms with Gasteiger partial charge in [0.15, 0.2) is 0 Å². The second kappa shape index (κ2) is 6.77. The molecule has 1 fully saturated rings. The maximum atomic E-state index is 12.7. The Hall–Kier alpha value is -1.14. The van der Waals surface area contributed by atoms with E-state index in [2.05, 4.69) is 42.6 Å². The number of carbonyl (C=O) groups excluding carboxylic acids is 1. The van der Waals surface area contributed by atoms with Crippen LogP contribution >= 0.6 is 23.1 Å². The van der Waals surface area contributed by atoms with E-state index in [1.165, 1.54) is 16.9 Å². The first-order valence-electron chi connectivity index (χ1n) is 8.13. The van der Waals surface area contributed by atoms with Gasteiger partial charge in [-0.1, -0.05) is 11.8 Å². The summed E-state index contributed by atoms with van der Waals surface area (Å²) >= 11 is 3.24. The molecule has 0 aromatic carbocycles. The van der Waals surface area contributed by atoms with Crippen molar-refractivity contribution >= 4 is 39.2 Å². The number of nitrogens with zero attached hydrogens (tertiary/aromatic N) is 3. The number of aromatic nitrogens is 2. The van der Waals surface area contributed by atoms with Crippen LogP contribution in [0.3, 0.4) is 0 Å². The molecule has 6 heteroatoms. The van der Waals surface area contributed by atoms with Crippen molar-refractivity contribution in [3.05, 3.63) is 16.8 Å². The summed E-state index contributed by atoms with van der Waals surface area (Å²) in [5, 5.41) is 2.05. The molecule has 4 nitrogen and oxygen atoms in total. The number of amides is 1. The maximum Gasteiger partial charge on any atom is 0.233 e. The number of hydrogen-bond acceptors (Lipinski definition) is 5. The van der Waals surface area contributed by atoms with Crippen molar-refractivity contribution in [2.75, 3.05) is 5.75 Å². The Morgan fingerprint density at radius 2 is 2.00 bits per heavy atom. The minimum atomic E-state index is 0.228. The predicted octanol–water partition coefficient (Wildman–Crippen LogP) is 4.19. The van der Waals surface area contributed by atoms with Gasteiger partial charge in [0.25, 0.3) is 0 Å². The maximum absolute atomic E-state index is 12.7. The van der Waals surface area contributed by atoms with Crippen LogP contribution in [0.1, 0.15) is 43.6 Å². The van der Waals surface area contributed by atoms with Gasteiger partial charge in [-0.25, -0.2) is 9.97 Å². The Bertz CT molecular complexity index is 718. The second-order valence-corrected chi connectivity index (χ2v) is 8.53. The van der Waals surface area contributed by atoms with E-state index in [0.29, 0.717) is 17.8 Å². The quantitative estimate of drug-likeness (QED) is 0.616. The summed E-state index contributed by atoms with van der Waals surface area (Å²) < 4.78 is 0. The van der Waals surface area contributed by atoms with E-state index >= 15 is 0 Å². The molecular weight excluding hydrogens is 326 g/mol. The lowest BCUT2D eigenvalue weighted by Gasteiger charge is -2.39. The molecule has 2 atom stereocenters. The van der Waals surface area contributed by atoms with Gasteiger partial charge in [-0.2, -0.15) is 0 Å². The number of thioether (sulfide) groups is 1. The minimum absolute atomic E-state index is 0.228. The highest BCUT2D eigenvalue weighted by Gasteiger charge is 2.28. The molecule has 0 unspecified atom stereocenters. The van der Waals surface area contributed by atoms with Crippen LogP contribution in [0.5, 0.6) is 0 Å². The topological polar surface area (TPSA) is 46.1 Å². The van der Waals surface area contributed by atoms with Crippen LogP contribution in [0.4, 0.5) is 0 Å². The van der Waals surface area contributed by atoms with Crippen molar-refractivity contribution in [3.63, 3.8) is 0 Å². The van der Waals surface area contributed by atoms with Crippen molar-refractivity contribution in [1.82, 2.24) is 14.9 Å². The van der Waals surface area contributed by atoms with Gasteiger partial charge in [-0.3, -0.25) is 4.79 Å². The minimum Gasteiger partial charge on any atom is -0.337 e. The number of fused-ring (bicyclic) bond motifs is 1. The van der Waals surface area contributed by atoms with Gasteiger partial charge in [-0.15, -0.1) is 11.3 Å². The summed E-state index contributed by atoms with van der Waals surface area (Å²) in [4.78, 5) is 25.8. The summed E-state index contributed by atoms with van der Waals surface area (Å²) in [6.07, 6.45) is 5.05. The van der Waals surface area contributed by atoms with Crippen LogP contribution in [0.25, 0.3) is 10.2 Å². The van der Waals surface area contributed by atoms with Crippen molar-refractivity contribution in [1.29, 1.82) is 0 Å². The van der Waals surface area contributed by atoms with E-state index in [-0.39, 0.29) is 5.91 Å². The van der Waals surface area contributed by atoms with E-state index in [1.54, 1.807) is 29.4 Å². The molecule has 23 heavy (non-hydrogen) atoms. The molecule has 0 radical (unpaired) electrons. The Balaban J connectivity index is 1.77. The van der Waals surface area contributed by atoms with E-state index in [1.807, 2.05) is 0 Å². The van der Waals surface area contributed by atoms with E-state index in [9.17, 15) is 4.79 Å². The van der Waals surface area contributed by atoms with Crippen molar-refractivity contribution in [2.24, 2.45) is 0 Å². The highest BCUT2D eigenvalue weighted by atomic mass is 32.2. The summed E-state index contributed by atoms with van der Waals surface area (Å²) in [6.45, 7) is 8.54. The van der Waals surface area contributed by atoms with Gasteiger partial charge in [-0.05, 0) is 52.5 Å². The van der Waals surface area contributed by atoms with Gasteiger partial charge in [0.1, 0.15) is 16.2 Å². The first-order chi connectivity index (χ1) is 11.0. The summed E-state index contributed by atoms with van der Waals surface area (Å²) in [6, 6.07) is 0.699. The molecule has 0 N–H and O–H groups in total. The average Bonchev–Trinajstić information content (AvgIpc) is 2.80. The highest BCUT2D eigenvalue weighted by molar-refractivity contribution is 8.00. The third kappa shape index (κ3) is 3.24. The van der Waals surface area contributed by atoms with Gasteiger partial charge < -0.3 is 4.90 Å². The largest absolute Gasteiger partial charge is 0.337 e. The fraction of sp³-hybridized carbons (Fsp3) is 0.588. The number of rotatable bonds is 3. The van der Waals surface area contributed by atoms with E-state index in [0.717, 1.165) is 28.1 Å². The van der Waals surface area contributed by atoms with Crippen LogP contribution in [-0.4, -0.2) is 38.6 Å². The fourth-order valence-electron chi connectivity index (χ4n) is 3.38. The molecule has 0 aliphatic carbocycles. The first-order valence-corrected chi connectivity index (χ1v) is 9.94. The molecule has 3 heterocycles.